The normalized spacial score (nSPS) is 12.9. The van der Waals surface area contributed by atoms with Crippen molar-refractivity contribution in [2.45, 2.75) is 46.5 Å². The fourth-order valence-corrected chi connectivity index (χ4v) is 9.07. The van der Waals surface area contributed by atoms with Crippen molar-refractivity contribution < 1.29 is 0 Å². The minimum Gasteiger partial charge on any atom is -0.310 e. The maximum absolute atomic E-state index is 4.44. The van der Waals surface area contributed by atoms with Crippen molar-refractivity contribution in [3.63, 3.8) is 0 Å². The molecule has 57 heavy (non-hydrogen) atoms. The highest BCUT2D eigenvalue weighted by molar-refractivity contribution is 6.15. The first kappa shape index (κ1) is 36.0. The van der Waals surface area contributed by atoms with Gasteiger partial charge in [0.15, 0.2) is 0 Å². The summed E-state index contributed by atoms with van der Waals surface area (Å²) in [7, 11) is 0. The Balaban J connectivity index is 0.00000208. The first-order chi connectivity index (χ1) is 27.9. The van der Waals surface area contributed by atoms with Crippen LogP contribution in [0.3, 0.4) is 0 Å². The van der Waals surface area contributed by atoms with Gasteiger partial charge in [-0.2, -0.15) is 0 Å². The van der Waals surface area contributed by atoms with E-state index in [1.54, 1.807) is 0 Å². The Labute approximate surface area is 336 Å². The highest BCUT2D eigenvalue weighted by Crippen LogP contribution is 2.51. The molecular formula is C55H48N2. The number of hydrogen-bond donors (Lipinski definition) is 0. The van der Waals surface area contributed by atoms with Gasteiger partial charge in [0.05, 0.1) is 16.7 Å². The molecule has 1 heterocycles. The average Bonchev–Trinajstić information content (AvgIpc) is 3.71. The van der Waals surface area contributed by atoms with Crippen LogP contribution in [0.25, 0.3) is 71.3 Å². The molecule has 10 rings (SSSR count). The maximum atomic E-state index is 4.44. The number of aromatic nitrogens is 1. The second kappa shape index (κ2) is 14.5. The van der Waals surface area contributed by atoms with E-state index in [1.807, 2.05) is 13.8 Å². The Hall–Kier alpha value is -6.64. The van der Waals surface area contributed by atoms with Crippen molar-refractivity contribution in [1.82, 2.24) is 4.57 Å². The van der Waals surface area contributed by atoms with Crippen molar-refractivity contribution in [2.24, 2.45) is 0 Å². The molecule has 0 spiro atoms. The predicted molar refractivity (Wildman–Crippen MR) is 248 cm³/mol. The van der Waals surface area contributed by atoms with Crippen LogP contribution in [0.15, 0.2) is 183 Å². The summed E-state index contributed by atoms with van der Waals surface area (Å²) in [5.74, 6) is 0. The monoisotopic (exact) mass is 736 g/mol. The molecule has 0 atom stereocenters. The summed E-state index contributed by atoms with van der Waals surface area (Å²) >= 11 is 0. The minimum atomic E-state index is -0.108. The van der Waals surface area contributed by atoms with Crippen molar-refractivity contribution in [3.8, 4) is 22.3 Å². The summed E-state index contributed by atoms with van der Waals surface area (Å²) in [4.78, 5) is 2.46. The number of nitrogens with zero attached hydrogens (tertiary/aromatic N) is 2. The topological polar surface area (TPSA) is 8.17 Å². The van der Waals surface area contributed by atoms with E-state index in [0.29, 0.717) is 0 Å². The number of benzene rings is 8. The highest BCUT2D eigenvalue weighted by Gasteiger charge is 2.36. The fourth-order valence-electron chi connectivity index (χ4n) is 9.07. The molecule has 2 nitrogen and oxygen atoms in total. The SMILES string of the molecule is C=C(/C=C\CC)n1c2ccccc2c2cc(-c3ccc(N(c4ccc5c(c4)C(C)(C)c4ccccc4-5)c4cc5ccccc5c5ccccc45)cc3)ccc21.CC. The number of para-hydroxylation sites is 1. The Morgan fingerprint density at radius 3 is 1.96 bits per heavy atom. The van der Waals surface area contributed by atoms with E-state index >= 15 is 0 Å². The molecule has 1 aliphatic carbocycles. The van der Waals surface area contributed by atoms with Crippen LogP contribution in [0, 0.1) is 0 Å². The molecule has 0 saturated heterocycles. The molecule has 0 saturated carbocycles. The predicted octanol–water partition coefficient (Wildman–Crippen LogP) is 16.0. The molecule has 1 aliphatic rings. The molecular weight excluding hydrogens is 689 g/mol. The third-order valence-electron chi connectivity index (χ3n) is 11.8. The summed E-state index contributed by atoms with van der Waals surface area (Å²) in [6.45, 7) is 15.3. The van der Waals surface area contributed by atoms with Gasteiger partial charge in [-0.15, -0.1) is 0 Å². The molecule has 0 amide bonds. The lowest BCUT2D eigenvalue weighted by atomic mass is 9.82. The van der Waals surface area contributed by atoms with E-state index < -0.39 is 0 Å². The second-order valence-electron chi connectivity index (χ2n) is 15.3. The molecule has 0 radical (unpaired) electrons. The highest BCUT2D eigenvalue weighted by atomic mass is 15.1. The van der Waals surface area contributed by atoms with Crippen LogP contribution in [-0.2, 0) is 5.41 Å². The quantitative estimate of drug-likeness (QED) is 0.117. The third kappa shape index (κ3) is 5.87. The van der Waals surface area contributed by atoms with Gasteiger partial charge in [0.2, 0.25) is 0 Å². The van der Waals surface area contributed by atoms with Gasteiger partial charge in [0, 0.05) is 38.6 Å². The van der Waals surface area contributed by atoms with Gasteiger partial charge in [-0.3, -0.25) is 0 Å². The molecule has 9 aromatic rings. The van der Waals surface area contributed by atoms with Crippen LogP contribution in [0.2, 0.25) is 0 Å². The lowest BCUT2D eigenvalue weighted by molar-refractivity contribution is 0.660. The molecule has 0 unspecified atom stereocenters. The molecule has 278 valence electrons. The molecule has 0 aliphatic heterocycles. The van der Waals surface area contributed by atoms with E-state index in [4.69, 9.17) is 0 Å². The standard InChI is InChI=1S/C53H42N2.C2H6/c1-5-6-15-35(2)54-50-23-14-12-21-46(50)47-32-37(26-31-51(47)54)36-24-27-39(28-25-36)55(52-33-38-16-7-8-17-41(38)42-18-9-10-20-45(42)52)40-29-30-44-43-19-11-13-22-48(43)53(3,4)49(44)34-40;1-2/h6-34H,2,5H2,1,3-4H3;1-2H3/b15-6-;. The second-order valence-corrected chi connectivity index (χ2v) is 15.3. The summed E-state index contributed by atoms with van der Waals surface area (Å²) in [6, 6.07) is 60.5. The number of rotatable bonds is 7. The molecule has 0 N–H and O–H groups in total. The largest absolute Gasteiger partial charge is 0.310 e. The number of allylic oxidation sites excluding steroid dienone is 3. The molecule has 0 fully saturated rings. The first-order valence-corrected chi connectivity index (χ1v) is 20.4. The lowest BCUT2D eigenvalue weighted by Crippen LogP contribution is -2.16. The van der Waals surface area contributed by atoms with E-state index in [-0.39, 0.29) is 5.41 Å². The van der Waals surface area contributed by atoms with Crippen molar-refractivity contribution >= 4 is 66.1 Å². The van der Waals surface area contributed by atoms with Gasteiger partial charge in [0.1, 0.15) is 0 Å². The molecule has 1 aromatic heterocycles. The van der Waals surface area contributed by atoms with Crippen molar-refractivity contribution in [1.29, 1.82) is 0 Å². The van der Waals surface area contributed by atoms with Gasteiger partial charge >= 0.3 is 0 Å². The zero-order valence-corrected chi connectivity index (χ0v) is 33.6. The van der Waals surface area contributed by atoms with Crippen molar-refractivity contribution in [2.75, 3.05) is 4.90 Å². The van der Waals surface area contributed by atoms with Crippen LogP contribution >= 0.6 is 0 Å². The fraction of sp³-hybridized carbons (Fsp3) is 0.127. The van der Waals surface area contributed by atoms with Gasteiger partial charge in [0.25, 0.3) is 0 Å². The summed E-state index contributed by atoms with van der Waals surface area (Å²) in [6.07, 6.45) is 5.28. The van der Waals surface area contributed by atoms with E-state index in [9.17, 15) is 0 Å². The van der Waals surface area contributed by atoms with E-state index in [0.717, 1.165) is 23.5 Å². The Kier molecular flexibility index (Phi) is 9.14. The van der Waals surface area contributed by atoms with Gasteiger partial charge in [-0.05, 0) is 111 Å². The Bertz CT molecular complexity index is 3010. The van der Waals surface area contributed by atoms with Gasteiger partial charge in [-0.25, -0.2) is 0 Å². The van der Waals surface area contributed by atoms with E-state index in [2.05, 4.69) is 213 Å². The number of fused-ring (bicyclic) bond motifs is 9. The molecule has 8 aromatic carbocycles. The first-order valence-electron chi connectivity index (χ1n) is 20.4. The smallest absolute Gasteiger partial charge is 0.0546 e. The summed E-state index contributed by atoms with van der Waals surface area (Å²) in [5, 5.41) is 7.45. The molecule has 0 bridgehead atoms. The van der Waals surface area contributed by atoms with E-state index in [1.165, 1.54) is 82.4 Å². The zero-order valence-electron chi connectivity index (χ0n) is 33.6. The van der Waals surface area contributed by atoms with Crippen LogP contribution in [0.1, 0.15) is 52.2 Å². The average molecular weight is 737 g/mol. The number of anilines is 3. The minimum absolute atomic E-state index is 0.108. The van der Waals surface area contributed by atoms with Crippen LogP contribution < -0.4 is 4.90 Å². The lowest BCUT2D eigenvalue weighted by Gasteiger charge is -2.29. The van der Waals surface area contributed by atoms with Crippen LogP contribution in [0.5, 0.6) is 0 Å². The van der Waals surface area contributed by atoms with Gasteiger partial charge < -0.3 is 9.47 Å². The Morgan fingerprint density at radius 1 is 0.561 bits per heavy atom. The van der Waals surface area contributed by atoms with Crippen LogP contribution in [0.4, 0.5) is 17.1 Å². The van der Waals surface area contributed by atoms with Crippen LogP contribution in [-0.4, -0.2) is 4.57 Å². The summed E-state index contributed by atoms with van der Waals surface area (Å²) in [5.41, 5.74) is 14.4. The maximum Gasteiger partial charge on any atom is 0.0546 e. The third-order valence-corrected chi connectivity index (χ3v) is 11.8. The zero-order chi connectivity index (χ0) is 39.3. The van der Waals surface area contributed by atoms with Gasteiger partial charge in [-0.1, -0.05) is 163 Å². The number of hydrogen-bond acceptors (Lipinski definition) is 1. The van der Waals surface area contributed by atoms with Crippen molar-refractivity contribution in [3.05, 3.63) is 194 Å². The Morgan fingerprint density at radius 2 is 1.18 bits per heavy atom. The molecule has 2 heteroatoms. The summed E-state index contributed by atoms with van der Waals surface area (Å²) < 4.78 is 2.28.